The zero-order valence-electron chi connectivity index (χ0n) is 19.9. The number of rotatable bonds is 0. The maximum atomic E-state index is 13.3. The Labute approximate surface area is 218 Å². The molecular weight excluding hydrogens is 640 g/mol. The third-order valence-electron chi connectivity index (χ3n) is 7.03. The van der Waals surface area contributed by atoms with Crippen molar-refractivity contribution in [1.29, 1.82) is 0 Å². The minimum Gasteiger partial charge on any atom is -0.297 e. The molecule has 6 heteroatoms. The molecule has 2 nitrogen and oxygen atoms in total. The number of carbonyl (C=O) groups excluding carboxylic acids is 2. The molecule has 0 aromatic carbocycles. The highest BCUT2D eigenvalue weighted by molar-refractivity contribution is 9.11. The van der Waals surface area contributed by atoms with Crippen molar-refractivity contribution in [1.82, 2.24) is 0 Å². The molecule has 0 aromatic heterocycles. The molecule has 1 rings (SSSR count). The van der Waals surface area contributed by atoms with E-state index < -0.39 is 0 Å². The maximum Gasteiger partial charge on any atom is 0.161 e. The standard InChI is InChI=1S/C24H40Br4O2/c1-21(2)11-9-12-22(3,4)19(27)16(30)20(28)24(7,8)14-10-13-23(5,6)18(26)15(29)17(21)25/h17-20H,9-14H2,1-8H3/t17-,18+,19-,20+. The lowest BCUT2D eigenvalue weighted by atomic mass is 9.72. The molecule has 0 aliphatic heterocycles. The summed E-state index contributed by atoms with van der Waals surface area (Å²) in [6, 6.07) is 0. The molecule has 0 heterocycles. The van der Waals surface area contributed by atoms with Crippen LogP contribution in [0.15, 0.2) is 0 Å². The van der Waals surface area contributed by atoms with E-state index in [1.807, 2.05) is 0 Å². The Bertz CT molecular complexity index is 523. The van der Waals surface area contributed by atoms with E-state index in [2.05, 4.69) is 119 Å². The van der Waals surface area contributed by atoms with Crippen molar-refractivity contribution >= 4 is 75.3 Å². The summed E-state index contributed by atoms with van der Waals surface area (Å²) in [5, 5.41) is 0. The first-order valence-electron chi connectivity index (χ1n) is 11.0. The second-order valence-corrected chi connectivity index (χ2v) is 15.6. The third-order valence-corrected chi connectivity index (χ3v) is 13.8. The molecule has 0 amide bonds. The summed E-state index contributed by atoms with van der Waals surface area (Å²) < 4.78 is 0. The molecule has 0 spiro atoms. The first-order chi connectivity index (χ1) is 13.4. The molecule has 0 unspecified atom stereocenters. The molecule has 0 N–H and O–H groups in total. The molecular formula is C24H40Br4O2. The minimum absolute atomic E-state index is 0.155. The molecule has 0 aromatic rings. The smallest absolute Gasteiger partial charge is 0.161 e. The maximum absolute atomic E-state index is 13.3. The van der Waals surface area contributed by atoms with Gasteiger partial charge in [-0.1, -0.05) is 132 Å². The number of carbonyl (C=O) groups is 2. The Morgan fingerprint density at radius 2 is 0.667 bits per heavy atom. The van der Waals surface area contributed by atoms with Crippen LogP contribution in [0, 0.1) is 21.7 Å². The number of alkyl halides is 4. The molecule has 0 radical (unpaired) electrons. The van der Waals surface area contributed by atoms with E-state index in [-0.39, 0.29) is 52.5 Å². The van der Waals surface area contributed by atoms with E-state index in [1.54, 1.807) is 0 Å². The number of hydrogen-bond donors (Lipinski definition) is 0. The predicted molar refractivity (Wildman–Crippen MR) is 144 cm³/mol. The molecule has 4 atom stereocenters. The molecule has 0 saturated heterocycles. The Morgan fingerprint density at radius 3 is 0.833 bits per heavy atom. The molecule has 1 fully saturated rings. The lowest BCUT2D eigenvalue weighted by Crippen LogP contribution is -2.44. The summed E-state index contributed by atoms with van der Waals surface area (Å²) in [6.45, 7) is 17.3. The van der Waals surface area contributed by atoms with Crippen molar-refractivity contribution in [2.24, 2.45) is 21.7 Å². The van der Waals surface area contributed by atoms with Crippen LogP contribution in [0.1, 0.15) is 93.9 Å². The predicted octanol–water partition coefficient (Wildman–Crippen LogP) is 8.64. The van der Waals surface area contributed by atoms with Crippen molar-refractivity contribution in [3.05, 3.63) is 0 Å². The van der Waals surface area contributed by atoms with Gasteiger partial charge in [-0.05, 0) is 47.3 Å². The van der Waals surface area contributed by atoms with Gasteiger partial charge in [-0.15, -0.1) is 0 Å². The summed E-state index contributed by atoms with van der Waals surface area (Å²) in [7, 11) is 0. The summed E-state index contributed by atoms with van der Waals surface area (Å²) in [5.74, 6) is 0.477. The molecule has 176 valence electrons. The molecule has 1 aliphatic rings. The van der Waals surface area contributed by atoms with E-state index in [1.165, 1.54) is 0 Å². The van der Waals surface area contributed by atoms with Crippen LogP contribution in [-0.2, 0) is 9.59 Å². The second-order valence-electron chi connectivity index (χ2n) is 11.9. The van der Waals surface area contributed by atoms with Gasteiger partial charge in [0.05, 0.1) is 19.3 Å². The van der Waals surface area contributed by atoms with Gasteiger partial charge in [0.25, 0.3) is 0 Å². The van der Waals surface area contributed by atoms with Crippen LogP contribution in [0.25, 0.3) is 0 Å². The van der Waals surface area contributed by atoms with Crippen LogP contribution in [0.5, 0.6) is 0 Å². The van der Waals surface area contributed by atoms with Gasteiger partial charge in [-0.25, -0.2) is 0 Å². The fourth-order valence-corrected chi connectivity index (χ4v) is 6.99. The van der Waals surface area contributed by atoms with Crippen LogP contribution < -0.4 is 0 Å². The van der Waals surface area contributed by atoms with Gasteiger partial charge in [-0.3, -0.25) is 9.59 Å². The lowest BCUT2D eigenvalue weighted by molar-refractivity contribution is -0.121. The van der Waals surface area contributed by atoms with Crippen LogP contribution in [0.4, 0.5) is 0 Å². The SMILES string of the molecule is CC1(C)CCCC(C)(C)[C@H](Br)C(=O)[C@H](Br)C(C)(C)CCCC(C)(C)[C@@H](Br)C(=O)[C@H]1Br. The van der Waals surface area contributed by atoms with Gasteiger partial charge in [0.15, 0.2) is 11.6 Å². The van der Waals surface area contributed by atoms with Crippen LogP contribution >= 0.6 is 63.7 Å². The van der Waals surface area contributed by atoms with Gasteiger partial charge in [0.1, 0.15) is 0 Å². The van der Waals surface area contributed by atoms with Crippen molar-refractivity contribution in [2.75, 3.05) is 0 Å². The van der Waals surface area contributed by atoms with Crippen molar-refractivity contribution in [3.63, 3.8) is 0 Å². The summed E-state index contributed by atoms with van der Waals surface area (Å²) in [4.78, 5) is 25.8. The average Bonchev–Trinajstić information content (AvgIpc) is 2.62. The topological polar surface area (TPSA) is 34.1 Å². The molecule has 1 saturated carbocycles. The first kappa shape index (κ1) is 29.3. The summed E-state index contributed by atoms with van der Waals surface area (Å²) in [6.07, 6.45) is 5.64. The van der Waals surface area contributed by atoms with Crippen molar-refractivity contribution in [2.45, 2.75) is 113 Å². The number of halogens is 4. The largest absolute Gasteiger partial charge is 0.297 e. The van der Waals surface area contributed by atoms with E-state index in [0.717, 1.165) is 38.5 Å². The monoisotopic (exact) mass is 676 g/mol. The molecule has 30 heavy (non-hydrogen) atoms. The number of hydrogen-bond acceptors (Lipinski definition) is 2. The fourth-order valence-electron chi connectivity index (χ4n) is 4.30. The normalized spacial score (nSPS) is 35.7. The van der Waals surface area contributed by atoms with Gasteiger partial charge in [-0.2, -0.15) is 0 Å². The Hall–Kier alpha value is 1.26. The molecule has 1 aliphatic carbocycles. The average molecular weight is 680 g/mol. The fraction of sp³-hybridized carbons (Fsp3) is 0.917. The highest BCUT2D eigenvalue weighted by atomic mass is 79.9. The van der Waals surface area contributed by atoms with Crippen LogP contribution in [-0.4, -0.2) is 30.9 Å². The highest BCUT2D eigenvalue weighted by Crippen LogP contribution is 2.45. The quantitative estimate of drug-likeness (QED) is 0.240. The third kappa shape index (κ3) is 7.13. The van der Waals surface area contributed by atoms with Crippen molar-refractivity contribution in [3.8, 4) is 0 Å². The van der Waals surface area contributed by atoms with E-state index in [9.17, 15) is 9.59 Å². The van der Waals surface area contributed by atoms with E-state index in [4.69, 9.17) is 0 Å². The van der Waals surface area contributed by atoms with Crippen LogP contribution in [0.2, 0.25) is 0 Å². The zero-order valence-corrected chi connectivity index (χ0v) is 26.2. The second kappa shape index (κ2) is 10.7. The van der Waals surface area contributed by atoms with E-state index >= 15 is 0 Å². The lowest BCUT2D eigenvalue weighted by Gasteiger charge is -2.39. The zero-order chi connectivity index (χ0) is 23.7. The van der Waals surface area contributed by atoms with Gasteiger partial charge in [0.2, 0.25) is 0 Å². The first-order valence-corrected chi connectivity index (χ1v) is 14.7. The Balaban J connectivity index is 3.25. The number of Topliss-reactive ketones (excluding diaryl/α,β-unsaturated/α-hetero) is 2. The molecule has 0 bridgehead atoms. The Morgan fingerprint density at radius 1 is 0.500 bits per heavy atom. The number of ketones is 2. The van der Waals surface area contributed by atoms with Crippen molar-refractivity contribution < 1.29 is 9.59 Å². The minimum atomic E-state index is -0.200. The summed E-state index contributed by atoms with van der Waals surface area (Å²) >= 11 is 15.0. The van der Waals surface area contributed by atoms with Crippen LogP contribution in [0.3, 0.4) is 0 Å². The van der Waals surface area contributed by atoms with Gasteiger partial charge in [0, 0.05) is 0 Å². The summed E-state index contributed by atoms with van der Waals surface area (Å²) in [5.41, 5.74) is -0.619. The van der Waals surface area contributed by atoms with Gasteiger partial charge < -0.3 is 0 Å². The van der Waals surface area contributed by atoms with Gasteiger partial charge >= 0.3 is 0 Å². The van der Waals surface area contributed by atoms with E-state index in [0.29, 0.717) is 0 Å². The Kier molecular flexibility index (Phi) is 10.4. The highest BCUT2D eigenvalue weighted by Gasteiger charge is 2.44.